The van der Waals surface area contributed by atoms with E-state index in [1.807, 2.05) is 12.4 Å². The van der Waals surface area contributed by atoms with E-state index in [9.17, 15) is 0 Å². The molecule has 0 radical (unpaired) electrons. The molecule has 6 aromatic carbocycles. The van der Waals surface area contributed by atoms with Crippen LogP contribution >= 0.6 is 0 Å². The van der Waals surface area contributed by atoms with Crippen molar-refractivity contribution in [3.05, 3.63) is 182 Å². The fourth-order valence-electron chi connectivity index (χ4n) is 7.55. The monoisotopic (exact) mass is 638 g/mol. The lowest BCUT2D eigenvalue weighted by Gasteiger charge is -2.12. The van der Waals surface area contributed by atoms with Crippen LogP contribution in [0.25, 0.3) is 88.6 Å². The second-order valence-corrected chi connectivity index (χ2v) is 12.7. The number of hydrogen-bond donors (Lipinski definition) is 0. The summed E-state index contributed by atoms with van der Waals surface area (Å²) in [5.41, 5.74) is 13.2. The molecule has 4 aromatic heterocycles. The zero-order valence-corrected chi connectivity index (χ0v) is 27.1. The molecule has 4 heterocycles. The molecule has 4 heteroatoms. The molecule has 0 amide bonds. The molecular formula is C46H30N4. The van der Waals surface area contributed by atoms with Crippen LogP contribution in [0.2, 0.25) is 0 Å². The maximum absolute atomic E-state index is 4.78. The average molecular weight is 639 g/mol. The minimum absolute atomic E-state index is 0.838. The molecule has 0 aliphatic rings. The topological polar surface area (TPSA) is 35.6 Å². The van der Waals surface area contributed by atoms with Gasteiger partial charge in [-0.15, -0.1) is 0 Å². The molecule has 0 aliphatic carbocycles. The number of rotatable bonds is 5. The molecular weight excluding hydrogens is 609 g/mol. The summed E-state index contributed by atoms with van der Waals surface area (Å²) >= 11 is 0. The highest BCUT2D eigenvalue weighted by Crippen LogP contribution is 2.35. The summed E-state index contributed by atoms with van der Waals surface area (Å²) in [6.07, 6.45) is 3.77. The molecule has 0 fully saturated rings. The van der Waals surface area contributed by atoms with Gasteiger partial charge in [0.2, 0.25) is 0 Å². The highest BCUT2D eigenvalue weighted by Gasteiger charge is 2.14. The Balaban J connectivity index is 1.03. The smallest absolute Gasteiger partial charge is 0.0892 e. The van der Waals surface area contributed by atoms with Crippen LogP contribution < -0.4 is 0 Å². The summed E-state index contributed by atoms with van der Waals surface area (Å²) in [6, 6.07) is 60.4. The number of aromatic nitrogens is 4. The molecule has 50 heavy (non-hydrogen) atoms. The molecule has 10 rings (SSSR count). The van der Waals surface area contributed by atoms with Crippen molar-refractivity contribution >= 4 is 43.6 Å². The van der Waals surface area contributed by atoms with Crippen molar-refractivity contribution in [1.82, 2.24) is 19.1 Å². The molecule has 0 atom stereocenters. The highest BCUT2D eigenvalue weighted by atomic mass is 15.0. The number of benzene rings is 6. The first kappa shape index (κ1) is 28.3. The molecule has 0 saturated carbocycles. The third-order valence-electron chi connectivity index (χ3n) is 9.82. The van der Waals surface area contributed by atoms with Crippen molar-refractivity contribution in [1.29, 1.82) is 0 Å². The number of nitrogens with zero attached hydrogens (tertiary/aromatic N) is 4. The van der Waals surface area contributed by atoms with E-state index < -0.39 is 0 Å². The van der Waals surface area contributed by atoms with Gasteiger partial charge >= 0.3 is 0 Å². The van der Waals surface area contributed by atoms with Gasteiger partial charge in [-0.05, 0) is 95.1 Å². The van der Waals surface area contributed by atoms with Crippen molar-refractivity contribution in [2.24, 2.45) is 0 Å². The van der Waals surface area contributed by atoms with Gasteiger partial charge in [0.05, 0.1) is 33.5 Å². The molecule has 0 unspecified atom stereocenters. The van der Waals surface area contributed by atoms with Crippen LogP contribution in [0, 0.1) is 0 Å². The Hall–Kier alpha value is -6.78. The molecule has 0 spiro atoms. The second-order valence-electron chi connectivity index (χ2n) is 12.7. The van der Waals surface area contributed by atoms with Crippen LogP contribution in [-0.4, -0.2) is 19.1 Å². The number of fused-ring (bicyclic) bond motifs is 6. The van der Waals surface area contributed by atoms with Crippen LogP contribution in [-0.2, 0) is 0 Å². The SMILES string of the molecule is c1cc(-c2ccnc(-c3cc(-c4cccc(-n5c6ccccc6c6ccccc65)c4)ccn3)c2)cc(-n2c3ccccc3c3ccccc32)c1. The first-order chi connectivity index (χ1) is 24.8. The Kier molecular flexibility index (Phi) is 6.46. The quantitative estimate of drug-likeness (QED) is 0.188. The molecule has 10 aromatic rings. The number of para-hydroxylation sites is 4. The van der Waals surface area contributed by atoms with Crippen LogP contribution in [0.5, 0.6) is 0 Å². The van der Waals surface area contributed by atoms with Crippen LogP contribution in [0.1, 0.15) is 0 Å². The second kappa shape index (κ2) is 11.4. The van der Waals surface area contributed by atoms with E-state index in [4.69, 9.17) is 9.97 Å². The van der Waals surface area contributed by atoms with E-state index in [0.717, 1.165) is 45.0 Å². The molecule has 0 N–H and O–H groups in total. The Morgan fingerprint density at radius 3 is 1.02 bits per heavy atom. The van der Waals surface area contributed by atoms with Crippen molar-refractivity contribution in [2.75, 3.05) is 0 Å². The summed E-state index contributed by atoms with van der Waals surface area (Å²) < 4.78 is 4.71. The Morgan fingerprint density at radius 1 is 0.300 bits per heavy atom. The summed E-state index contributed by atoms with van der Waals surface area (Å²) in [7, 11) is 0. The largest absolute Gasteiger partial charge is 0.309 e. The van der Waals surface area contributed by atoms with Gasteiger partial charge in [0, 0.05) is 45.3 Å². The summed E-state index contributed by atoms with van der Waals surface area (Å²) in [5, 5.41) is 5.02. The minimum atomic E-state index is 0.838. The Bertz CT molecular complexity index is 2590. The molecule has 0 aliphatic heterocycles. The highest BCUT2D eigenvalue weighted by molar-refractivity contribution is 6.10. The van der Waals surface area contributed by atoms with E-state index in [1.54, 1.807) is 0 Å². The summed E-state index contributed by atoms with van der Waals surface area (Å²) in [6.45, 7) is 0. The van der Waals surface area contributed by atoms with Gasteiger partial charge in [-0.1, -0.05) is 97.1 Å². The van der Waals surface area contributed by atoms with Gasteiger partial charge in [-0.3, -0.25) is 9.97 Å². The average Bonchev–Trinajstić information content (AvgIpc) is 3.71. The number of hydrogen-bond acceptors (Lipinski definition) is 2. The van der Waals surface area contributed by atoms with E-state index in [-0.39, 0.29) is 0 Å². The third kappa shape index (κ3) is 4.54. The number of pyridine rings is 2. The first-order valence-electron chi connectivity index (χ1n) is 16.9. The van der Waals surface area contributed by atoms with Gasteiger partial charge in [0.15, 0.2) is 0 Å². The predicted octanol–water partition coefficient (Wildman–Crippen LogP) is 11.7. The van der Waals surface area contributed by atoms with Gasteiger partial charge in [-0.2, -0.15) is 0 Å². The standard InChI is InChI=1S/C46H30N4/c1-5-19-43-37(15-1)38-16-2-6-20-44(38)49(43)35-13-9-11-31(27-35)33-23-25-47-41(29-33)42-30-34(24-26-48-42)32-12-10-14-36(28-32)50-45-21-7-3-17-39(45)40-18-4-8-22-46(40)50/h1-30H. The van der Waals surface area contributed by atoms with E-state index in [1.165, 1.54) is 43.6 Å². The van der Waals surface area contributed by atoms with Crippen molar-refractivity contribution in [3.8, 4) is 45.0 Å². The zero-order chi connectivity index (χ0) is 33.0. The Labute approximate surface area is 289 Å². The van der Waals surface area contributed by atoms with Crippen LogP contribution in [0.4, 0.5) is 0 Å². The normalized spacial score (nSPS) is 11.6. The van der Waals surface area contributed by atoms with Crippen LogP contribution in [0.3, 0.4) is 0 Å². The van der Waals surface area contributed by atoms with Crippen LogP contribution in [0.15, 0.2) is 182 Å². The van der Waals surface area contributed by atoms with Gasteiger partial charge in [0.1, 0.15) is 0 Å². The first-order valence-corrected chi connectivity index (χ1v) is 16.9. The minimum Gasteiger partial charge on any atom is -0.309 e. The zero-order valence-electron chi connectivity index (χ0n) is 27.1. The lowest BCUT2D eigenvalue weighted by molar-refractivity contribution is 1.18. The summed E-state index contributed by atoms with van der Waals surface area (Å²) in [5.74, 6) is 0. The fraction of sp³-hybridized carbons (Fsp3) is 0. The van der Waals surface area contributed by atoms with Gasteiger partial charge in [-0.25, -0.2) is 0 Å². The van der Waals surface area contributed by atoms with E-state index in [2.05, 4.69) is 179 Å². The lowest BCUT2D eigenvalue weighted by Crippen LogP contribution is -1.95. The molecule has 4 nitrogen and oxygen atoms in total. The van der Waals surface area contributed by atoms with Crippen molar-refractivity contribution in [3.63, 3.8) is 0 Å². The maximum atomic E-state index is 4.78. The summed E-state index contributed by atoms with van der Waals surface area (Å²) in [4.78, 5) is 9.56. The van der Waals surface area contributed by atoms with Gasteiger partial charge < -0.3 is 9.13 Å². The molecule has 0 saturated heterocycles. The predicted molar refractivity (Wildman–Crippen MR) is 207 cm³/mol. The lowest BCUT2D eigenvalue weighted by atomic mass is 10.0. The Morgan fingerprint density at radius 2 is 0.640 bits per heavy atom. The third-order valence-corrected chi connectivity index (χ3v) is 9.82. The van der Waals surface area contributed by atoms with E-state index in [0.29, 0.717) is 0 Å². The maximum Gasteiger partial charge on any atom is 0.0892 e. The van der Waals surface area contributed by atoms with Crippen molar-refractivity contribution in [2.45, 2.75) is 0 Å². The molecule has 234 valence electrons. The van der Waals surface area contributed by atoms with Gasteiger partial charge in [0.25, 0.3) is 0 Å². The fourth-order valence-corrected chi connectivity index (χ4v) is 7.55. The molecule has 0 bridgehead atoms. The van der Waals surface area contributed by atoms with Crippen molar-refractivity contribution < 1.29 is 0 Å². The van der Waals surface area contributed by atoms with E-state index >= 15 is 0 Å².